The number of sulfone groups is 1. The molecule has 2 atom stereocenters. The van der Waals surface area contributed by atoms with Gasteiger partial charge in [0.15, 0.2) is 9.84 Å². The lowest BCUT2D eigenvalue weighted by molar-refractivity contribution is -0.126. The third-order valence-electron chi connectivity index (χ3n) is 5.58. The molecule has 31 heavy (non-hydrogen) atoms. The molecule has 2 aromatic rings. The molecule has 168 valence electrons. The van der Waals surface area contributed by atoms with Gasteiger partial charge >= 0.3 is 0 Å². The van der Waals surface area contributed by atoms with Gasteiger partial charge in [-0.25, -0.2) is 16.8 Å². The summed E-state index contributed by atoms with van der Waals surface area (Å²) in [4.78, 5) is 13.3. The van der Waals surface area contributed by atoms with Gasteiger partial charge in [0.25, 0.3) is 0 Å². The number of hydrogen-bond donors (Lipinski definition) is 1. The molecule has 0 bridgehead atoms. The Morgan fingerprint density at radius 3 is 2.16 bits per heavy atom. The van der Waals surface area contributed by atoms with Gasteiger partial charge in [0.05, 0.1) is 21.8 Å². The summed E-state index contributed by atoms with van der Waals surface area (Å²) in [6.45, 7) is 4.24. The van der Waals surface area contributed by atoms with E-state index in [1.807, 2.05) is 13.8 Å². The van der Waals surface area contributed by atoms with Crippen LogP contribution in [0.1, 0.15) is 36.9 Å². The summed E-state index contributed by atoms with van der Waals surface area (Å²) >= 11 is 0. The van der Waals surface area contributed by atoms with Crippen molar-refractivity contribution in [2.24, 2.45) is 5.92 Å². The Bertz CT molecular complexity index is 1140. The lowest BCUT2D eigenvalue weighted by Crippen LogP contribution is -2.45. The summed E-state index contributed by atoms with van der Waals surface area (Å²) in [5.74, 6) is -0.643. The number of rotatable bonds is 6. The summed E-state index contributed by atoms with van der Waals surface area (Å²) in [6, 6.07) is 12.8. The van der Waals surface area contributed by atoms with E-state index in [9.17, 15) is 21.6 Å². The van der Waals surface area contributed by atoms with E-state index in [0.717, 1.165) is 17.4 Å². The van der Waals surface area contributed by atoms with Crippen molar-refractivity contribution in [3.63, 3.8) is 0 Å². The Balaban J connectivity index is 1.67. The van der Waals surface area contributed by atoms with Gasteiger partial charge in [-0.05, 0) is 56.5 Å². The molecular weight excluding hydrogens is 436 g/mol. The van der Waals surface area contributed by atoms with Crippen molar-refractivity contribution < 1.29 is 21.6 Å². The Hall–Kier alpha value is -2.23. The molecule has 7 nitrogen and oxygen atoms in total. The fourth-order valence-corrected chi connectivity index (χ4v) is 5.81. The number of amides is 1. The lowest BCUT2D eigenvalue weighted by atomic mass is 9.98. The molecule has 2 aromatic carbocycles. The smallest absolute Gasteiger partial charge is 0.243 e. The van der Waals surface area contributed by atoms with Gasteiger partial charge in [0, 0.05) is 19.3 Å². The highest BCUT2D eigenvalue weighted by atomic mass is 32.2. The molecule has 9 heteroatoms. The quantitative estimate of drug-likeness (QED) is 0.708. The molecule has 0 aliphatic carbocycles. The Morgan fingerprint density at radius 2 is 1.58 bits per heavy atom. The third-order valence-corrected chi connectivity index (χ3v) is 8.59. The van der Waals surface area contributed by atoms with Gasteiger partial charge in [-0.2, -0.15) is 4.31 Å². The Labute approximate surface area is 184 Å². The molecule has 3 rings (SSSR count). The lowest BCUT2D eigenvalue weighted by Gasteiger charge is -2.32. The van der Waals surface area contributed by atoms with Crippen LogP contribution >= 0.6 is 0 Å². The number of benzene rings is 2. The Kier molecular flexibility index (Phi) is 6.88. The second-order valence-corrected chi connectivity index (χ2v) is 12.0. The van der Waals surface area contributed by atoms with Crippen molar-refractivity contribution >= 4 is 25.8 Å². The third kappa shape index (κ3) is 5.53. The number of sulfonamides is 1. The van der Waals surface area contributed by atoms with Crippen LogP contribution in [-0.4, -0.2) is 46.4 Å². The molecule has 0 radical (unpaired) electrons. The minimum Gasteiger partial charge on any atom is -0.349 e. The minimum atomic E-state index is -3.65. The zero-order valence-electron chi connectivity index (χ0n) is 17.9. The first kappa shape index (κ1) is 23.4. The fraction of sp³-hybridized carbons (Fsp3) is 0.409. The van der Waals surface area contributed by atoms with Gasteiger partial charge < -0.3 is 5.32 Å². The molecule has 1 N–H and O–H groups in total. The van der Waals surface area contributed by atoms with Crippen molar-refractivity contribution in [1.29, 1.82) is 0 Å². The first-order chi connectivity index (χ1) is 14.5. The van der Waals surface area contributed by atoms with E-state index in [0.29, 0.717) is 19.4 Å². The molecule has 1 aliphatic heterocycles. The standard InChI is InChI=1S/C22H28N2O5S2/c1-16-6-10-21(11-7-16)31(28,29)24-14-4-5-19(15-24)22(25)23-17(2)18-8-12-20(13-9-18)30(3,26)27/h6-13,17,19H,4-5,14-15H2,1-3H3,(H,23,25)/t17-,19+/m0/s1. The van der Waals surface area contributed by atoms with Gasteiger partial charge in [-0.15, -0.1) is 0 Å². The zero-order chi connectivity index (χ0) is 22.8. The van der Waals surface area contributed by atoms with E-state index in [2.05, 4.69) is 5.32 Å². The van der Waals surface area contributed by atoms with Crippen molar-refractivity contribution in [3.8, 4) is 0 Å². The molecule has 1 amide bonds. The van der Waals surface area contributed by atoms with Crippen LogP contribution in [0, 0.1) is 12.8 Å². The van der Waals surface area contributed by atoms with Crippen molar-refractivity contribution in [3.05, 3.63) is 59.7 Å². The summed E-state index contributed by atoms with van der Waals surface area (Å²) in [5.41, 5.74) is 1.76. The average molecular weight is 465 g/mol. The maximum atomic E-state index is 13.0. The first-order valence-electron chi connectivity index (χ1n) is 10.2. The number of nitrogens with one attached hydrogen (secondary N) is 1. The minimum absolute atomic E-state index is 0.141. The van der Waals surface area contributed by atoms with E-state index in [1.165, 1.54) is 16.4 Å². The van der Waals surface area contributed by atoms with Crippen LogP contribution in [0.4, 0.5) is 0 Å². The van der Waals surface area contributed by atoms with Gasteiger partial charge in [0.1, 0.15) is 0 Å². The average Bonchev–Trinajstić information content (AvgIpc) is 2.73. The normalized spacial score (nSPS) is 19.0. The predicted molar refractivity (Wildman–Crippen MR) is 119 cm³/mol. The number of aryl methyl sites for hydroxylation is 1. The van der Waals surface area contributed by atoms with Crippen molar-refractivity contribution in [2.75, 3.05) is 19.3 Å². The van der Waals surface area contributed by atoms with E-state index >= 15 is 0 Å². The second kappa shape index (κ2) is 9.10. The summed E-state index contributed by atoms with van der Waals surface area (Å²) < 4.78 is 50.5. The first-order valence-corrected chi connectivity index (χ1v) is 13.5. The predicted octanol–water partition coefficient (Wildman–Crippen LogP) is 2.68. The SMILES string of the molecule is Cc1ccc(S(=O)(=O)N2CCC[C@@H](C(=O)N[C@@H](C)c3ccc(S(C)(=O)=O)cc3)C2)cc1. The number of carbonyl (C=O) groups is 1. The molecule has 0 aromatic heterocycles. The van der Waals surface area contributed by atoms with Crippen LogP contribution in [-0.2, 0) is 24.7 Å². The molecule has 1 heterocycles. The van der Waals surface area contributed by atoms with E-state index in [-0.39, 0.29) is 28.3 Å². The van der Waals surface area contributed by atoms with Gasteiger partial charge in [0.2, 0.25) is 15.9 Å². The maximum Gasteiger partial charge on any atom is 0.243 e. The van der Waals surface area contributed by atoms with E-state index in [1.54, 1.807) is 36.4 Å². The topological polar surface area (TPSA) is 101 Å². The number of hydrogen-bond acceptors (Lipinski definition) is 5. The molecule has 0 saturated carbocycles. The maximum absolute atomic E-state index is 13.0. The van der Waals surface area contributed by atoms with Crippen molar-refractivity contribution in [1.82, 2.24) is 9.62 Å². The Morgan fingerprint density at radius 1 is 1.00 bits per heavy atom. The van der Waals surface area contributed by atoms with Gasteiger partial charge in [-0.1, -0.05) is 29.8 Å². The van der Waals surface area contributed by atoms with Crippen LogP contribution in [0.15, 0.2) is 58.3 Å². The molecule has 1 fully saturated rings. The van der Waals surface area contributed by atoms with Crippen LogP contribution < -0.4 is 5.32 Å². The molecule has 0 unspecified atom stereocenters. The van der Waals surface area contributed by atoms with Crippen LogP contribution in [0.2, 0.25) is 0 Å². The fourth-order valence-electron chi connectivity index (χ4n) is 3.65. The highest BCUT2D eigenvalue weighted by molar-refractivity contribution is 7.90. The zero-order valence-corrected chi connectivity index (χ0v) is 19.5. The van der Waals surface area contributed by atoms with E-state index < -0.39 is 25.8 Å². The number of piperidine rings is 1. The molecule has 1 saturated heterocycles. The second-order valence-electron chi connectivity index (χ2n) is 8.09. The van der Waals surface area contributed by atoms with Gasteiger partial charge in [-0.3, -0.25) is 4.79 Å². The largest absolute Gasteiger partial charge is 0.349 e. The van der Waals surface area contributed by atoms with Crippen molar-refractivity contribution in [2.45, 2.75) is 42.5 Å². The van der Waals surface area contributed by atoms with Crippen LogP contribution in [0.5, 0.6) is 0 Å². The van der Waals surface area contributed by atoms with E-state index in [4.69, 9.17) is 0 Å². The molecule has 0 spiro atoms. The summed E-state index contributed by atoms with van der Waals surface area (Å²) in [7, 11) is -6.93. The number of carbonyl (C=O) groups excluding carboxylic acids is 1. The van der Waals surface area contributed by atoms with Crippen LogP contribution in [0.3, 0.4) is 0 Å². The monoisotopic (exact) mass is 464 g/mol. The summed E-state index contributed by atoms with van der Waals surface area (Å²) in [5, 5.41) is 2.93. The highest BCUT2D eigenvalue weighted by Gasteiger charge is 2.33. The highest BCUT2D eigenvalue weighted by Crippen LogP contribution is 2.25. The summed E-state index contributed by atoms with van der Waals surface area (Å²) in [6.07, 6.45) is 2.37. The number of nitrogens with zero attached hydrogens (tertiary/aromatic N) is 1. The molecule has 1 aliphatic rings. The van der Waals surface area contributed by atoms with Crippen LogP contribution in [0.25, 0.3) is 0 Å². The molecular formula is C22H28N2O5S2.